The first-order valence-corrected chi connectivity index (χ1v) is 13.1. The van der Waals surface area contributed by atoms with Crippen molar-refractivity contribution in [1.82, 2.24) is 0 Å². The largest absolute Gasteiger partial charge is 0.462 e. The monoisotopic (exact) mass is 520 g/mol. The second kappa shape index (κ2) is 11.0. The average molecular weight is 521 g/mol. The van der Waals surface area contributed by atoms with E-state index in [1.165, 1.54) is 13.8 Å². The molecule has 2 aliphatic carbocycles. The quantitative estimate of drug-likeness (QED) is 0.329. The lowest BCUT2D eigenvalue weighted by molar-refractivity contribution is -0.216. The fraction of sp³-hybridized carbons (Fsp3) is 0.714. The van der Waals surface area contributed by atoms with Crippen molar-refractivity contribution < 1.29 is 43.2 Å². The van der Waals surface area contributed by atoms with E-state index < -0.39 is 65.2 Å². The molecule has 0 spiro atoms. The van der Waals surface area contributed by atoms with Crippen molar-refractivity contribution in [2.75, 3.05) is 0 Å². The number of esters is 4. The summed E-state index contributed by atoms with van der Waals surface area (Å²) in [5.41, 5.74) is -1.43. The summed E-state index contributed by atoms with van der Waals surface area (Å²) in [6.45, 7) is 11.5. The zero-order chi connectivity index (χ0) is 27.7. The van der Waals surface area contributed by atoms with Crippen LogP contribution >= 0.6 is 0 Å². The van der Waals surface area contributed by atoms with E-state index in [1.54, 1.807) is 13.0 Å². The molecule has 1 fully saturated rings. The summed E-state index contributed by atoms with van der Waals surface area (Å²) in [7, 11) is 0. The van der Waals surface area contributed by atoms with E-state index in [2.05, 4.69) is 0 Å². The Labute approximate surface area is 218 Å². The molecule has 9 heteroatoms. The van der Waals surface area contributed by atoms with E-state index in [9.17, 15) is 24.3 Å². The van der Waals surface area contributed by atoms with Crippen LogP contribution in [0.5, 0.6) is 0 Å². The minimum absolute atomic E-state index is 0.220. The molecule has 0 aromatic carbocycles. The third-order valence-corrected chi connectivity index (χ3v) is 8.27. The molecule has 1 N–H and O–H groups in total. The molecule has 9 nitrogen and oxygen atoms in total. The van der Waals surface area contributed by atoms with E-state index in [0.29, 0.717) is 25.7 Å². The maximum absolute atomic E-state index is 12.8. The van der Waals surface area contributed by atoms with E-state index in [1.807, 2.05) is 33.8 Å². The third-order valence-electron chi connectivity index (χ3n) is 8.27. The number of aliphatic hydroxyl groups is 1. The molecule has 0 saturated carbocycles. The van der Waals surface area contributed by atoms with E-state index in [4.69, 9.17) is 18.9 Å². The van der Waals surface area contributed by atoms with Crippen molar-refractivity contribution in [2.24, 2.45) is 17.3 Å². The Balaban J connectivity index is 2.32. The molecule has 1 saturated heterocycles. The molecule has 37 heavy (non-hydrogen) atoms. The predicted molar refractivity (Wildman–Crippen MR) is 133 cm³/mol. The van der Waals surface area contributed by atoms with Crippen LogP contribution in [-0.4, -0.2) is 59.0 Å². The number of rotatable bonds is 5. The Kier molecular flexibility index (Phi) is 8.57. The Morgan fingerprint density at radius 1 is 1.11 bits per heavy atom. The van der Waals surface area contributed by atoms with Gasteiger partial charge >= 0.3 is 23.9 Å². The zero-order valence-corrected chi connectivity index (χ0v) is 22.9. The number of allylic oxidation sites excluding steroid dienone is 1. The molecule has 8 atom stereocenters. The number of carbonyl (C=O) groups excluding carboxylic acids is 4. The van der Waals surface area contributed by atoms with Crippen LogP contribution in [0.15, 0.2) is 23.3 Å². The van der Waals surface area contributed by atoms with Crippen molar-refractivity contribution in [3.8, 4) is 0 Å². The molecular weight excluding hydrogens is 480 g/mol. The van der Waals surface area contributed by atoms with Gasteiger partial charge < -0.3 is 24.1 Å². The van der Waals surface area contributed by atoms with E-state index in [0.717, 1.165) is 11.1 Å². The van der Waals surface area contributed by atoms with Gasteiger partial charge in [0.25, 0.3) is 0 Å². The predicted octanol–water partition coefficient (Wildman–Crippen LogP) is 3.57. The normalized spacial score (nSPS) is 39.1. The molecular formula is C28H40O9. The second-order valence-electron chi connectivity index (χ2n) is 10.9. The van der Waals surface area contributed by atoms with Gasteiger partial charge in [-0.2, -0.15) is 0 Å². The van der Waals surface area contributed by atoms with Crippen LogP contribution in [-0.2, 0) is 38.1 Å². The summed E-state index contributed by atoms with van der Waals surface area (Å²) in [6, 6.07) is 0. The standard InChI is InChI=1S/C28H40O9/c1-8-9-23(31)36-21-12-10-15(2)14-22-28(33,17(4)26(32)37-22)25(35-19(6)30)24-16(3)11-13-20(27(21,24)7)34-18(5)29/h11,14,17,20-22,24-25,33H,8-10,12-13H2,1-7H3/b15-14-/t17-,20-,21+,22-,24+,25?,27+,28-/m0/s1. The highest BCUT2D eigenvalue weighted by molar-refractivity contribution is 5.78. The van der Waals surface area contributed by atoms with Gasteiger partial charge in [-0.3, -0.25) is 19.2 Å². The molecule has 0 aromatic rings. The summed E-state index contributed by atoms with van der Waals surface area (Å²) >= 11 is 0. The minimum atomic E-state index is -1.92. The lowest BCUT2D eigenvalue weighted by Crippen LogP contribution is -2.65. The van der Waals surface area contributed by atoms with E-state index in [-0.39, 0.29) is 12.4 Å². The van der Waals surface area contributed by atoms with Gasteiger partial charge in [-0.15, -0.1) is 0 Å². The number of fused-ring (bicyclic) bond motifs is 2. The average Bonchev–Trinajstić information content (AvgIpc) is 3.01. The summed E-state index contributed by atoms with van der Waals surface area (Å²) in [6.07, 6.45) is 1.85. The fourth-order valence-corrected chi connectivity index (χ4v) is 6.27. The lowest BCUT2D eigenvalue weighted by atomic mass is 9.56. The highest BCUT2D eigenvalue weighted by Gasteiger charge is 2.67. The Morgan fingerprint density at radius 2 is 1.76 bits per heavy atom. The Bertz CT molecular complexity index is 998. The van der Waals surface area contributed by atoms with Gasteiger partial charge in [-0.1, -0.05) is 31.1 Å². The van der Waals surface area contributed by atoms with Crippen LogP contribution in [0.3, 0.4) is 0 Å². The zero-order valence-electron chi connectivity index (χ0n) is 22.9. The molecule has 1 unspecified atom stereocenters. The SMILES string of the molecule is CCCC(=O)O[C@@H]1CC/C(C)=C\[C@@H]2OC(=O)[C@H](C)[C@@]2(O)C(OC(C)=O)[C@H]2C(C)=CC[C@H](OC(C)=O)[C@@]21C. The summed E-state index contributed by atoms with van der Waals surface area (Å²) < 4.78 is 23.4. The van der Waals surface area contributed by atoms with Gasteiger partial charge in [0, 0.05) is 32.6 Å². The highest BCUT2D eigenvalue weighted by atomic mass is 16.6. The van der Waals surface area contributed by atoms with Crippen LogP contribution in [0, 0.1) is 17.3 Å². The number of hydrogen-bond donors (Lipinski definition) is 1. The molecule has 1 heterocycles. The minimum Gasteiger partial charge on any atom is -0.462 e. The van der Waals surface area contributed by atoms with Crippen LogP contribution in [0.4, 0.5) is 0 Å². The van der Waals surface area contributed by atoms with Gasteiger partial charge in [0.1, 0.15) is 18.3 Å². The van der Waals surface area contributed by atoms with Gasteiger partial charge in [-0.25, -0.2) is 0 Å². The van der Waals surface area contributed by atoms with Gasteiger partial charge in [-0.05, 0) is 46.1 Å². The summed E-state index contributed by atoms with van der Waals surface area (Å²) in [5.74, 6) is -3.91. The van der Waals surface area contributed by atoms with Gasteiger partial charge in [0.2, 0.25) is 0 Å². The van der Waals surface area contributed by atoms with Crippen molar-refractivity contribution in [3.63, 3.8) is 0 Å². The molecule has 0 bridgehead atoms. The first-order valence-electron chi connectivity index (χ1n) is 13.1. The topological polar surface area (TPSA) is 125 Å². The third kappa shape index (κ3) is 5.33. The first-order chi connectivity index (χ1) is 17.3. The molecule has 3 aliphatic rings. The number of carbonyl (C=O) groups is 4. The van der Waals surface area contributed by atoms with Crippen molar-refractivity contribution in [1.29, 1.82) is 0 Å². The van der Waals surface area contributed by atoms with Gasteiger partial charge in [0.15, 0.2) is 11.7 Å². The molecule has 3 rings (SSSR count). The highest BCUT2D eigenvalue weighted by Crippen LogP contribution is 2.55. The van der Waals surface area contributed by atoms with Crippen LogP contribution < -0.4 is 0 Å². The lowest BCUT2D eigenvalue weighted by Gasteiger charge is -2.54. The Morgan fingerprint density at radius 3 is 2.35 bits per heavy atom. The Hall–Kier alpha value is -2.68. The maximum Gasteiger partial charge on any atom is 0.312 e. The maximum atomic E-state index is 12.8. The summed E-state index contributed by atoms with van der Waals surface area (Å²) in [4.78, 5) is 50.3. The van der Waals surface area contributed by atoms with E-state index >= 15 is 0 Å². The molecule has 0 aromatic heterocycles. The first kappa shape index (κ1) is 28.9. The van der Waals surface area contributed by atoms with Crippen molar-refractivity contribution >= 4 is 23.9 Å². The number of hydrogen-bond acceptors (Lipinski definition) is 9. The molecule has 206 valence electrons. The second-order valence-corrected chi connectivity index (χ2v) is 10.9. The molecule has 0 radical (unpaired) electrons. The van der Waals surface area contributed by atoms with Crippen LogP contribution in [0.2, 0.25) is 0 Å². The van der Waals surface area contributed by atoms with Gasteiger partial charge in [0.05, 0.1) is 11.3 Å². The van der Waals surface area contributed by atoms with Crippen molar-refractivity contribution in [2.45, 2.75) is 111 Å². The molecule has 0 amide bonds. The molecule has 1 aliphatic heterocycles. The smallest absolute Gasteiger partial charge is 0.312 e. The van der Waals surface area contributed by atoms with Crippen LogP contribution in [0.1, 0.15) is 80.6 Å². The summed E-state index contributed by atoms with van der Waals surface area (Å²) in [5, 5.41) is 12.3. The fourth-order valence-electron chi connectivity index (χ4n) is 6.27. The number of ether oxygens (including phenoxy) is 4. The van der Waals surface area contributed by atoms with Crippen LogP contribution in [0.25, 0.3) is 0 Å². The van der Waals surface area contributed by atoms with Crippen molar-refractivity contribution in [3.05, 3.63) is 23.3 Å².